The smallest absolute Gasteiger partial charge is 0.335 e. The summed E-state index contributed by atoms with van der Waals surface area (Å²) in [6, 6.07) is 8.09. The molecule has 0 aliphatic carbocycles. The number of anilines is 1. The number of aromatic nitrogens is 1. The van der Waals surface area contributed by atoms with Crippen molar-refractivity contribution in [1.29, 1.82) is 0 Å². The van der Waals surface area contributed by atoms with Gasteiger partial charge in [-0.05, 0) is 30.2 Å². The maximum atomic E-state index is 12.0. The quantitative estimate of drug-likeness (QED) is 0.851. The van der Waals surface area contributed by atoms with Gasteiger partial charge < -0.3 is 10.4 Å². The monoisotopic (exact) mass is 304 g/mol. The van der Waals surface area contributed by atoms with Crippen molar-refractivity contribution < 1.29 is 14.7 Å². The van der Waals surface area contributed by atoms with Gasteiger partial charge in [0.05, 0.1) is 17.7 Å². The average Bonchev–Trinajstić information content (AvgIpc) is 2.43. The number of hydrogen-bond donors (Lipinski definition) is 2. The predicted molar refractivity (Wildman–Crippen MR) is 79.7 cm³/mol. The first-order valence-corrected chi connectivity index (χ1v) is 6.58. The lowest BCUT2D eigenvalue weighted by Gasteiger charge is -2.09. The maximum absolute atomic E-state index is 12.0. The molecule has 0 spiro atoms. The second-order valence-electron chi connectivity index (χ2n) is 4.54. The van der Waals surface area contributed by atoms with Gasteiger partial charge in [-0.25, -0.2) is 9.78 Å². The van der Waals surface area contributed by atoms with Gasteiger partial charge in [0.15, 0.2) is 5.15 Å². The summed E-state index contributed by atoms with van der Waals surface area (Å²) in [5.41, 5.74) is 1.83. The summed E-state index contributed by atoms with van der Waals surface area (Å²) in [6.45, 7) is 1.83. The van der Waals surface area contributed by atoms with Crippen LogP contribution in [0.4, 0.5) is 5.69 Å². The third-order valence-corrected chi connectivity index (χ3v) is 3.15. The number of nitrogens with one attached hydrogen (secondary N) is 1. The highest BCUT2D eigenvalue weighted by molar-refractivity contribution is 6.32. The maximum Gasteiger partial charge on any atom is 0.335 e. The Bertz CT molecular complexity index is 701. The van der Waals surface area contributed by atoms with Crippen LogP contribution in [0, 0.1) is 6.92 Å². The standard InChI is InChI=1S/C15H13ClN2O3/c1-9-6-12(14(16)17-8-9)18-13(19)7-10-4-2-3-5-11(10)15(20)21/h2-6,8H,7H2,1H3,(H,18,19)(H,20,21). The van der Waals surface area contributed by atoms with E-state index in [-0.39, 0.29) is 23.0 Å². The number of carboxylic acids is 1. The number of hydrogen-bond acceptors (Lipinski definition) is 3. The highest BCUT2D eigenvalue weighted by Crippen LogP contribution is 2.20. The van der Waals surface area contributed by atoms with E-state index in [0.29, 0.717) is 11.3 Å². The fourth-order valence-electron chi connectivity index (χ4n) is 1.89. The van der Waals surface area contributed by atoms with Crippen molar-refractivity contribution in [3.05, 3.63) is 58.4 Å². The molecule has 6 heteroatoms. The lowest BCUT2D eigenvalue weighted by atomic mass is 10.0. The molecular formula is C15H13ClN2O3. The molecule has 0 saturated heterocycles. The van der Waals surface area contributed by atoms with Crippen LogP contribution in [-0.2, 0) is 11.2 Å². The Hall–Kier alpha value is -2.40. The second-order valence-corrected chi connectivity index (χ2v) is 4.90. The van der Waals surface area contributed by atoms with Crippen LogP contribution < -0.4 is 5.32 Å². The highest BCUT2D eigenvalue weighted by Gasteiger charge is 2.13. The zero-order valence-electron chi connectivity index (χ0n) is 11.3. The number of rotatable bonds is 4. The van der Waals surface area contributed by atoms with Crippen LogP contribution in [-0.4, -0.2) is 22.0 Å². The Labute approximate surface area is 126 Å². The van der Waals surface area contributed by atoms with Gasteiger partial charge in [-0.1, -0.05) is 29.8 Å². The molecule has 0 saturated carbocycles. The van der Waals surface area contributed by atoms with Crippen LogP contribution in [0.5, 0.6) is 0 Å². The number of carboxylic acid groups (broad SMARTS) is 1. The zero-order chi connectivity index (χ0) is 15.4. The molecule has 5 nitrogen and oxygen atoms in total. The summed E-state index contributed by atoms with van der Waals surface area (Å²) < 4.78 is 0. The summed E-state index contributed by atoms with van der Waals surface area (Å²) in [5.74, 6) is -1.41. The molecule has 21 heavy (non-hydrogen) atoms. The van der Waals surface area contributed by atoms with Gasteiger partial charge >= 0.3 is 5.97 Å². The Morgan fingerprint density at radius 1 is 1.33 bits per heavy atom. The van der Waals surface area contributed by atoms with Crippen LogP contribution in [0.3, 0.4) is 0 Å². The first-order valence-electron chi connectivity index (χ1n) is 6.20. The molecule has 1 aromatic heterocycles. The second kappa shape index (κ2) is 6.37. The Kier molecular flexibility index (Phi) is 4.55. The molecule has 0 radical (unpaired) electrons. The fourth-order valence-corrected chi connectivity index (χ4v) is 2.04. The van der Waals surface area contributed by atoms with E-state index in [1.807, 2.05) is 6.92 Å². The first-order chi connectivity index (χ1) is 9.97. The molecule has 0 atom stereocenters. The van der Waals surface area contributed by atoms with E-state index in [2.05, 4.69) is 10.3 Å². The third-order valence-electron chi connectivity index (χ3n) is 2.85. The number of benzene rings is 1. The van der Waals surface area contributed by atoms with Crippen molar-refractivity contribution in [3.63, 3.8) is 0 Å². The summed E-state index contributed by atoms with van der Waals surface area (Å²) in [7, 11) is 0. The predicted octanol–water partition coefficient (Wildman–Crippen LogP) is 2.92. The normalized spacial score (nSPS) is 10.2. The largest absolute Gasteiger partial charge is 0.478 e. The summed E-state index contributed by atoms with van der Waals surface area (Å²) >= 11 is 5.91. The Morgan fingerprint density at radius 3 is 2.76 bits per heavy atom. The summed E-state index contributed by atoms with van der Waals surface area (Å²) in [4.78, 5) is 27.1. The molecular weight excluding hydrogens is 292 g/mol. The first kappa shape index (κ1) is 15.0. The number of pyridine rings is 1. The van der Waals surface area contributed by atoms with Gasteiger partial charge in [0.1, 0.15) is 0 Å². The van der Waals surface area contributed by atoms with Gasteiger partial charge in [0.2, 0.25) is 5.91 Å². The van der Waals surface area contributed by atoms with Crippen LogP contribution in [0.25, 0.3) is 0 Å². The van der Waals surface area contributed by atoms with Crippen LogP contribution in [0.2, 0.25) is 5.15 Å². The van der Waals surface area contributed by atoms with E-state index >= 15 is 0 Å². The molecule has 0 fully saturated rings. The summed E-state index contributed by atoms with van der Waals surface area (Å²) in [6.07, 6.45) is 1.55. The summed E-state index contributed by atoms with van der Waals surface area (Å²) in [5, 5.41) is 11.9. The number of aromatic carboxylic acids is 1. The Morgan fingerprint density at radius 2 is 2.05 bits per heavy atom. The van der Waals surface area contributed by atoms with E-state index in [9.17, 15) is 9.59 Å². The SMILES string of the molecule is Cc1cnc(Cl)c(NC(=O)Cc2ccccc2C(=O)O)c1. The fraction of sp³-hybridized carbons (Fsp3) is 0.133. The minimum Gasteiger partial charge on any atom is -0.478 e. The molecule has 0 aliphatic rings. The van der Waals surface area contributed by atoms with E-state index in [0.717, 1.165) is 5.56 Å². The molecule has 1 aromatic carbocycles. The van der Waals surface area contributed by atoms with Crippen LogP contribution >= 0.6 is 11.6 Å². The van der Waals surface area contributed by atoms with Gasteiger partial charge in [-0.3, -0.25) is 4.79 Å². The molecule has 1 amide bonds. The molecule has 2 rings (SSSR count). The lowest BCUT2D eigenvalue weighted by Crippen LogP contribution is -2.17. The highest BCUT2D eigenvalue weighted by atomic mass is 35.5. The van der Waals surface area contributed by atoms with Crippen molar-refractivity contribution >= 4 is 29.2 Å². The number of nitrogens with zero attached hydrogens (tertiary/aromatic N) is 1. The topological polar surface area (TPSA) is 79.3 Å². The van der Waals surface area contributed by atoms with Gasteiger partial charge in [-0.2, -0.15) is 0 Å². The van der Waals surface area contributed by atoms with Crippen LogP contribution in [0.15, 0.2) is 36.5 Å². The van der Waals surface area contributed by atoms with E-state index in [1.165, 1.54) is 6.07 Å². The van der Waals surface area contributed by atoms with Crippen molar-refractivity contribution in [2.24, 2.45) is 0 Å². The lowest BCUT2D eigenvalue weighted by molar-refractivity contribution is -0.115. The van der Waals surface area contributed by atoms with Crippen LogP contribution in [0.1, 0.15) is 21.5 Å². The minimum atomic E-state index is -1.06. The minimum absolute atomic E-state index is 0.0489. The van der Waals surface area contributed by atoms with E-state index < -0.39 is 5.97 Å². The van der Waals surface area contributed by atoms with Crippen molar-refractivity contribution in [2.75, 3.05) is 5.32 Å². The van der Waals surface area contributed by atoms with Crippen molar-refractivity contribution in [2.45, 2.75) is 13.3 Å². The number of carbonyl (C=O) groups excluding carboxylic acids is 1. The van der Waals surface area contributed by atoms with Gasteiger partial charge in [0.25, 0.3) is 0 Å². The number of carbonyl (C=O) groups is 2. The molecule has 108 valence electrons. The zero-order valence-corrected chi connectivity index (χ0v) is 12.0. The number of aryl methyl sites for hydroxylation is 1. The number of amides is 1. The Balaban J connectivity index is 2.16. The third kappa shape index (κ3) is 3.79. The molecule has 0 unspecified atom stereocenters. The molecule has 1 heterocycles. The number of halogens is 1. The van der Waals surface area contributed by atoms with Gasteiger partial charge in [0, 0.05) is 6.20 Å². The van der Waals surface area contributed by atoms with Crippen molar-refractivity contribution in [3.8, 4) is 0 Å². The molecule has 0 aliphatic heterocycles. The molecule has 2 N–H and O–H groups in total. The van der Waals surface area contributed by atoms with E-state index in [4.69, 9.17) is 16.7 Å². The molecule has 0 bridgehead atoms. The average molecular weight is 305 g/mol. The van der Waals surface area contributed by atoms with Gasteiger partial charge in [-0.15, -0.1) is 0 Å². The van der Waals surface area contributed by atoms with Crippen molar-refractivity contribution in [1.82, 2.24) is 4.98 Å². The van der Waals surface area contributed by atoms with E-state index in [1.54, 1.807) is 30.5 Å². The molecule has 2 aromatic rings.